The number of hydrogen-bond donors (Lipinski definition) is 2. The molecule has 1 amide bonds. The third-order valence-corrected chi connectivity index (χ3v) is 8.77. The van der Waals surface area contributed by atoms with Gasteiger partial charge >= 0.3 is 5.76 Å². The first-order valence-corrected chi connectivity index (χ1v) is 15.5. The standard InChI is InChI=1S/C33H33FN8O5/c34-26-17-42(32(43)27-20-46-33(44)38-27)10-8-29(26)47-28-6-1-21(15-22(28)16-35)31-36-9-7-30(39-31)37-23-2-4-24(5-3-23)40-11-13-41(14-12-40)25-18-45-19-25/h1-7,9,15,20,25-26,29H,8,10-14,17-19H2,(H,38,44)(H,36,37,39)/t26-,29+/m1/s1. The third kappa shape index (κ3) is 6.67. The van der Waals surface area contributed by atoms with E-state index in [1.54, 1.807) is 30.5 Å². The summed E-state index contributed by atoms with van der Waals surface area (Å²) in [4.78, 5) is 41.3. The summed E-state index contributed by atoms with van der Waals surface area (Å²) < 4.78 is 31.0. The van der Waals surface area contributed by atoms with E-state index in [1.807, 2.05) is 12.1 Å². The maximum atomic E-state index is 15.1. The molecular weight excluding hydrogens is 607 g/mol. The molecule has 0 bridgehead atoms. The Morgan fingerprint density at radius 3 is 2.57 bits per heavy atom. The molecule has 3 fully saturated rings. The summed E-state index contributed by atoms with van der Waals surface area (Å²) in [6, 6.07) is 17.7. The van der Waals surface area contributed by atoms with E-state index in [4.69, 9.17) is 9.47 Å². The van der Waals surface area contributed by atoms with Gasteiger partial charge in [0.2, 0.25) is 0 Å². The molecule has 3 aliphatic rings. The minimum Gasteiger partial charge on any atom is -0.486 e. The van der Waals surface area contributed by atoms with Crippen molar-refractivity contribution in [2.45, 2.75) is 24.7 Å². The number of benzene rings is 2. The van der Waals surface area contributed by atoms with Gasteiger partial charge in [0, 0.05) is 62.3 Å². The number of halogens is 1. The van der Waals surface area contributed by atoms with Gasteiger partial charge in [0.25, 0.3) is 5.91 Å². The Bertz CT molecular complexity index is 1830. The number of anilines is 3. The van der Waals surface area contributed by atoms with Crippen LogP contribution in [0.1, 0.15) is 22.5 Å². The molecular formula is C33H33FN8O5. The highest BCUT2D eigenvalue weighted by molar-refractivity contribution is 5.92. The van der Waals surface area contributed by atoms with Crippen molar-refractivity contribution >= 4 is 23.1 Å². The lowest BCUT2D eigenvalue weighted by atomic mass is 10.0. The topological polar surface area (TPSA) is 153 Å². The van der Waals surface area contributed by atoms with Crippen LogP contribution in [-0.4, -0.2) is 101 Å². The van der Waals surface area contributed by atoms with E-state index >= 15 is 4.39 Å². The van der Waals surface area contributed by atoms with E-state index in [1.165, 1.54) is 10.6 Å². The Kier molecular flexibility index (Phi) is 8.56. The lowest BCUT2D eigenvalue weighted by molar-refractivity contribution is -0.0660. The SMILES string of the molecule is N#Cc1cc(-c2nccc(Nc3ccc(N4CCN(C5COC5)CC4)cc3)n2)ccc1O[C@H]1CCN(C(=O)c2coc(=O)[nH]2)C[C@H]1F. The lowest BCUT2D eigenvalue weighted by Gasteiger charge is -2.43. The molecule has 4 aromatic rings. The van der Waals surface area contributed by atoms with Crippen molar-refractivity contribution in [2.24, 2.45) is 0 Å². The second kappa shape index (κ2) is 13.2. The monoisotopic (exact) mass is 640 g/mol. The highest BCUT2D eigenvalue weighted by Gasteiger charge is 2.34. The number of amides is 1. The Morgan fingerprint density at radius 2 is 1.89 bits per heavy atom. The maximum absolute atomic E-state index is 15.1. The van der Waals surface area contributed by atoms with E-state index < -0.39 is 23.9 Å². The fourth-order valence-corrected chi connectivity index (χ4v) is 6.03. The van der Waals surface area contributed by atoms with Gasteiger partial charge in [-0.2, -0.15) is 5.26 Å². The number of piperidine rings is 1. The smallest absolute Gasteiger partial charge is 0.416 e. The van der Waals surface area contributed by atoms with Gasteiger partial charge in [-0.15, -0.1) is 0 Å². The maximum Gasteiger partial charge on any atom is 0.416 e. The van der Waals surface area contributed by atoms with E-state index in [-0.39, 0.29) is 36.5 Å². The number of carbonyl (C=O) groups is 1. The summed E-state index contributed by atoms with van der Waals surface area (Å²) in [7, 11) is 0. The number of aromatic amines is 1. The summed E-state index contributed by atoms with van der Waals surface area (Å²) in [5.41, 5.74) is 2.84. The number of piperazine rings is 1. The number of alkyl halides is 1. The molecule has 0 saturated carbocycles. The zero-order valence-electron chi connectivity index (χ0n) is 25.5. The molecule has 0 spiro atoms. The average molecular weight is 641 g/mol. The van der Waals surface area contributed by atoms with Crippen LogP contribution in [0.15, 0.2) is 70.2 Å². The van der Waals surface area contributed by atoms with Gasteiger partial charge in [-0.3, -0.25) is 14.7 Å². The van der Waals surface area contributed by atoms with Crippen LogP contribution < -0.4 is 20.7 Å². The third-order valence-electron chi connectivity index (χ3n) is 8.77. The van der Waals surface area contributed by atoms with Gasteiger partial charge in [-0.1, -0.05) is 0 Å². The molecule has 47 heavy (non-hydrogen) atoms. The molecule has 242 valence electrons. The van der Waals surface area contributed by atoms with Crippen molar-refractivity contribution in [1.29, 1.82) is 5.26 Å². The highest BCUT2D eigenvalue weighted by atomic mass is 19.1. The summed E-state index contributed by atoms with van der Waals surface area (Å²) in [5.74, 6) is -0.0430. The van der Waals surface area contributed by atoms with Gasteiger partial charge in [0.15, 0.2) is 12.0 Å². The van der Waals surface area contributed by atoms with E-state index in [0.29, 0.717) is 23.2 Å². The Balaban J connectivity index is 0.966. The molecule has 13 nitrogen and oxygen atoms in total. The number of nitriles is 1. The van der Waals surface area contributed by atoms with Crippen molar-refractivity contribution in [3.63, 3.8) is 0 Å². The normalized spacial score (nSPS) is 20.3. The molecule has 5 heterocycles. The number of oxazole rings is 1. The summed E-state index contributed by atoms with van der Waals surface area (Å²) in [6.07, 6.45) is 0.498. The number of rotatable bonds is 8. The number of H-pyrrole nitrogens is 1. The average Bonchev–Trinajstić information content (AvgIpc) is 3.51. The van der Waals surface area contributed by atoms with E-state index in [2.05, 4.69) is 52.7 Å². The van der Waals surface area contributed by atoms with Crippen LogP contribution in [0, 0.1) is 11.3 Å². The number of nitrogens with one attached hydrogen (secondary N) is 2. The van der Waals surface area contributed by atoms with Crippen molar-refractivity contribution < 1.29 is 23.1 Å². The van der Waals surface area contributed by atoms with Crippen LogP contribution in [0.5, 0.6) is 5.75 Å². The van der Waals surface area contributed by atoms with Crippen molar-refractivity contribution in [3.05, 3.63) is 82.8 Å². The van der Waals surface area contributed by atoms with Crippen LogP contribution in [0.3, 0.4) is 0 Å². The minimum atomic E-state index is -1.50. The number of likely N-dealkylation sites (tertiary alicyclic amines) is 1. The van der Waals surface area contributed by atoms with Crippen LogP contribution >= 0.6 is 0 Å². The molecule has 0 unspecified atom stereocenters. The summed E-state index contributed by atoms with van der Waals surface area (Å²) >= 11 is 0. The molecule has 2 atom stereocenters. The number of aromatic nitrogens is 3. The second-order valence-corrected chi connectivity index (χ2v) is 11.7. The number of carbonyl (C=O) groups excluding carboxylic acids is 1. The number of ether oxygens (including phenoxy) is 2. The van der Waals surface area contributed by atoms with Crippen molar-refractivity contribution in [1.82, 2.24) is 24.8 Å². The zero-order valence-corrected chi connectivity index (χ0v) is 25.5. The molecule has 0 aliphatic carbocycles. The Labute approximate surface area is 269 Å². The van der Waals surface area contributed by atoms with Gasteiger partial charge in [0.05, 0.1) is 31.4 Å². The van der Waals surface area contributed by atoms with Crippen molar-refractivity contribution in [3.8, 4) is 23.2 Å². The quantitative estimate of drug-likeness (QED) is 0.292. The van der Waals surface area contributed by atoms with E-state index in [0.717, 1.165) is 51.3 Å². The first-order chi connectivity index (χ1) is 22.9. The predicted octanol–water partition coefficient (Wildman–Crippen LogP) is 3.19. The first-order valence-electron chi connectivity index (χ1n) is 15.5. The van der Waals surface area contributed by atoms with Gasteiger partial charge in [0.1, 0.15) is 35.7 Å². The summed E-state index contributed by atoms with van der Waals surface area (Å²) in [6.45, 7) is 5.72. The van der Waals surface area contributed by atoms with Crippen molar-refractivity contribution in [2.75, 3.05) is 62.7 Å². The Hall–Kier alpha value is -5.26. The number of hydrogen-bond acceptors (Lipinski definition) is 11. The fourth-order valence-electron chi connectivity index (χ4n) is 6.03. The van der Waals surface area contributed by atoms with E-state index in [9.17, 15) is 14.9 Å². The second-order valence-electron chi connectivity index (χ2n) is 11.7. The van der Waals surface area contributed by atoms with Gasteiger partial charge in [-0.05, 0) is 48.5 Å². The molecule has 14 heteroatoms. The molecule has 2 aromatic carbocycles. The Morgan fingerprint density at radius 1 is 1.09 bits per heavy atom. The largest absolute Gasteiger partial charge is 0.486 e. The number of nitrogens with zero attached hydrogens (tertiary/aromatic N) is 6. The van der Waals surface area contributed by atoms with Crippen LogP contribution in [0.4, 0.5) is 21.6 Å². The minimum absolute atomic E-state index is 0.0385. The van der Waals surface area contributed by atoms with Crippen LogP contribution in [0.25, 0.3) is 11.4 Å². The lowest BCUT2D eigenvalue weighted by Crippen LogP contribution is -2.56. The predicted molar refractivity (Wildman–Crippen MR) is 169 cm³/mol. The summed E-state index contributed by atoms with van der Waals surface area (Å²) in [5, 5.41) is 13.2. The van der Waals surface area contributed by atoms with Crippen LogP contribution in [-0.2, 0) is 4.74 Å². The highest BCUT2D eigenvalue weighted by Crippen LogP contribution is 2.29. The van der Waals surface area contributed by atoms with Crippen LogP contribution in [0.2, 0.25) is 0 Å². The molecule has 2 aromatic heterocycles. The molecule has 7 rings (SSSR count). The molecule has 2 N–H and O–H groups in total. The molecule has 3 aliphatic heterocycles. The first kappa shape index (κ1) is 30.4. The zero-order chi connectivity index (χ0) is 32.3. The molecule has 0 radical (unpaired) electrons. The molecule has 3 saturated heterocycles. The van der Waals surface area contributed by atoms with Gasteiger partial charge < -0.3 is 29.0 Å². The fraction of sp³-hybridized carbons (Fsp3) is 0.364. The van der Waals surface area contributed by atoms with Gasteiger partial charge in [-0.25, -0.2) is 19.2 Å².